The van der Waals surface area contributed by atoms with Crippen LogP contribution < -0.4 is 0 Å². The van der Waals surface area contributed by atoms with Gasteiger partial charge in [-0.2, -0.15) is 0 Å². The maximum atomic E-state index is 10.9. The highest BCUT2D eigenvalue weighted by atomic mass is 16.4. The molecule has 1 rings (SSSR count). The third kappa shape index (κ3) is 3.47. The van der Waals surface area contributed by atoms with Gasteiger partial charge in [-0.1, -0.05) is 13.0 Å². The largest absolute Gasteiger partial charge is 0.508 e. The van der Waals surface area contributed by atoms with Crippen LogP contribution in [0, 0.1) is 12.8 Å². The highest BCUT2D eigenvalue weighted by molar-refractivity contribution is 5.70. The fourth-order valence-electron chi connectivity index (χ4n) is 1.95. The molecule has 0 saturated heterocycles. The second kappa shape index (κ2) is 5.87. The number of carboxylic acid groups (broad SMARTS) is 1. The van der Waals surface area contributed by atoms with Crippen LogP contribution in [0.2, 0.25) is 0 Å². The summed E-state index contributed by atoms with van der Waals surface area (Å²) in [5.41, 5.74) is 2.84. The van der Waals surface area contributed by atoms with Crippen molar-refractivity contribution in [2.45, 2.75) is 26.8 Å². The quantitative estimate of drug-likeness (QED) is 0.840. The Labute approximate surface area is 108 Å². The minimum Gasteiger partial charge on any atom is -0.508 e. The molecule has 1 aromatic rings. The summed E-state index contributed by atoms with van der Waals surface area (Å²) in [6.45, 7) is 4.27. The summed E-state index contributed by atoms with van der Waals surface area (Å²) in [5.74, 6) is -0.940. The Bertz CT molecular complexity index is 441. The summed E-state index contributed by atoms with van der Waals surface area (Å²) >= 11 is 0. The number of rotatable bonds is 5. The molecule has 1 aromatic carbocycles. The molecule has 0 aliphatic heterocycles. The lowest BCUT2D eigenvalue weighted by atomic mass is 9.93. The van der Waals surface area contributed by atoms with Gasteiger partial charge < -0.3 is 15.1 Å². The van der Waals surface area contributed by atoms with Crippen LogP contribution in [0.3, 0.4) is 0 Å². The van der Waals surface area contributed by atoms with E-state index >= 15 is 0 Å². The van der Waals surface area contributed by atoms with Crippen molar-refractivity contribution >= 4 is 5.97 Å². The number of phenolic OH excluding ortho intramolecular Hbond substituents is 1. The van der Waals surface area contributed by atoms with Crippen LogP contribution in [-0.4, -0.2) is 35.2 Å². The van der Waals surface area contributed by atoms with E-state index in [2.05, 4.69) is 0 Å². The molecule has 4 nitrogen and oxygen atoms in total. The van der Waals surface area contributed by atoms with Crippen molar-refractivity contribution in [3.05, 3.63) is 28.8 Å². The molecule has 1 atom stereocenters. The van der Waals surface area contributed by atoms with Crippen molar-refractivity contribution in [1.82, 2.24) is 4.90 Å². The average molecular weight is 251 g/mol. The van der Waals surface area contributed by atoms with E-state index < -0.39 is 11.9 Å². The zero-order chi connectivity index (χ0) is 13.9. The van der Waals surface area contributed by atoms with Crippen LogP contribution in [-0.2, 0) is 17.8 Å². The fourth-order valence-corrected chi connectivity index (χ4v) is 1.95. The first kappa shape index (κ1) is 14.5. The van der Waals surface area contributed by atoms with E-state index in [1.807, 2.05) is 32.0 Å². The lowest BCUT2D eigenvalue weighted by Crippen LogP contribution is -2.15. The molecule has 4 heteroatoms. The first-order chi connectivity index (χ1) is 8.32. The number of aliphatic carboxylic acids is 1. The third-order valence-corrected chi connectivity index (χ3v) is 3.11. The zero-order valence-corrected chi connectivity index (χ0v) is 11.4. The second-order valence-electron chi connectivity index (χ2n) is 5.03. The summed E-state index contributed by atoms with van der Waals surface area (Å²) in [6, 6.07) is 3.46. The van der Waals surface area contributed by atoms with E-state index in [-0.39, 0.29) is 5.75 Å². The molecule has 0 aromatic heterocycles. The monoisotopic (exact) mass is 251 g/mol. The van der Waals surface area contributed by atoms with E-state index in [1.165, 1.54) is 0 Å². The normalized spacial score (nSPS) is 12.7. The van der Waals surface area contributed by atoms with Crippen LogP contribution in [0.15, 0.2) is 12.1 Å². The predicted octanol–water partition coefficient (Wildman–Crippen LogP) is 2.03. The Morgan fingerprint density at radius 2 is 2.00 bits per heavy atom. The van der Waals surface area contributed by atoms with E-state index in [4.69, 9.17) is 5.11 Å². The summed E-state index contributed by atoms with van der Waals surface area (Å²) in [7, 11) is 3.87. The molecule has 0 aliphatic carbocycles. The number of carboxylic acids is 1. The topological polar surface area (TPSA) is 60.8 Å². The number of carbonyl (C=O) groups is 1. The zero-order valence-electron chi connectivity index (χ0n) is 11.4. The molecular weight excluding hydrogens is 230 g/mol. The van der Waals surface area contributed by atoms with E-state index in [0.29, 0.717) is 13.0 Å². The Morgan fingerprint density at radius 1 is 1.39 bits per heavy atom. The highest BCUT2D eigenvalue weighted by Crippen LogP contribution is 2.26. The number of benzene rings is 1. The fraction of sp³-hybridized carbons (Fsp3) is 0.500. The van der Waals surface area contributed by atoms with Crippen LogP contribution in [0.1, 0.15) is 23.6 Å². The van der Waals surface area contributed by atoms with Crippen molar-refractivity contribution in [1.29, 1.82) is 0 Å². The maximum absolute atomic E-state index is 10.9. The third-order valence-electron chi connectivity index (χ3n) is 3.11. The van der Waals surface area contributed by atoms with Gasteiger partial charge in [0.05, 0.1) is 5.92 Å². The molecule has 0 fully saturated rings. The Kier molecular flexibility index (Phi) is 4.73. The lowest BCUT2D eigenvalue weighted by Gasteiger charge is -2.17. The Morgan fingerprint density at radius 3 is 2.50 bits per heavy atom. The van der Waals surface area contributed by atoms with Gasteiger partial charge in [0, 0.05) is 12.1 Å². The van der Waals surface area contributed by atoms with E-state index in [9.17, 15) is 9.90 Å². The molecule has 1 unspecified atom stereocenters. The second-order valence-corrected chi connectivity index (χ2v) is 5.03. The molecule has 0 saturated carbocycles. The molecule has 0 heterocycles. The van der Waals surface area contributed by atoms with Gasteiger partial charge in [-0.3, -0.25) is 4.79 Å². The SMILES string of the molecule is Cc1c(CC(C)C(=O)O)ccc(O)c1CN(C)C. The van der Waals surface area contributed by atoms with E-state index in [0.717, 1.165) is 16.7 Å². The number of hydrogen-bond acceptors (Lipinski definition) is 3. The minimum absolute atomic E-state index is 0.271. The maximum Gasteiger partial charge on any atom is 0.306 e. The van der Waals surface area contributed by atoms with Crippen LogP contribution in [0.5, 0.6) is 5.75 Å². The van der Waals surface area contributed by atoms with Crippen molar-refractivity contribution in [2.24, 2.45) is 5.92 Å². The molecule has 0 spiro atoms. The molecular formula is C14H21NO3. The number of phenols is 1. The standard InChI is InChI=1S/C14H21NO3/c1-9(14(17)18)7-11-5-6-13(16)12(10(11)2)8-15(3)4/h5-6,9,16H,7-8H2,1-4H3,(H,17,18). The van der Waals surface area contributed by atoms with Gasteiger partial charge >= 0.3 is 5.97 Å². The summed E-state index contributed by atoms with van der Waals surface area (Å²) < 4.78 is 0. The number of hydrogen-bond donors (Lipinski definition) is 2. The summed E-state index contributed by atoms with van der Waals surface area (Å²) in [6.07, 6.45) is 0.488. The van der Waals surface area contributed by atoms with Crippen LogP contribution in [0.4, 0.5) is 0 Å². The van der Waals surface area contributed by atoms with Crippen molar-refractivity contribution in [3.63, 3.8) is 0 Å². The number of aromatic hydroxyl groups is 1. The molecule has 0 radical (unpaired) electrons. The molecule has 18 heavy (non-hydrogen) atoms. The summed E-state index contributed by atoms with van der Waals surface area (Å²) in [4.78, 5) is 12.9. The Balaban J connectivity index is 3.04. The first-order valence-corrected chi connectivity index (χ1v) is 6.00. The first-order valence-electron chi connectivity index (χ1n) is 6.00. The van der Waals surface area contributed by atoms with Gasteiger partial charge in [0.15, 0.2) is 0 Å². The van der Waals surface area contributed by atoms with Gasteiger partial charge in [0.25, 0.3) is 0 Å². The van der Waals surface area contributed by atoms with Gasteiger partial charge in [0.2, 0.25) is 0 Å². The van der Waals surface area contributed by atoms with Gasteiger partial charge in [0.1, 0.15) is 5.75 Å². The predicted molar refractivity (Wildman–Crippen MR) is 70.7 cm³/mol. The van der Waals surface area contributed by atoms with Gasteiger partial charge in [-0.05, 0) is 44.6 Å². The van der Waals surface area contributed by atoms with Crippen molar-refractivity contribution in [2.75, 3.05) is 14.1 Å². The minimum atomic E-state index is -0.795. The average Bonchev–Trinajstić information content (AvgIpc) is 2.27. The lowest BCUT2D eigenvalue weighted by molar-refractivity contribution is -0.141. The highest BCUT2D eigenvalue weighted by Gasteiger charge is 2.16. The smallest absolute Gasteiger partial charge is 0.306 e. The van der Waals surface area contributed by atoms with E-state index in [1.54, 1.807) is 13.0 Å². The number of nitrogens with zero attached hydrogens (tertiary/aromatic N) is 1. The molecule has 2 N–H and O–H groups in total. The van der Waals surface area contributed by atoms with Crippen LogP contribution in [0.25, 0.3) is 0 Å². The molecule has 100 valence electrons. The van der Waals surface area contributed by atoms with Crippen molar-refractivity contribution < 1.29 is 15.0 Å². The summed E-state index contributed by atoms with van der Waals surface area (Å²) in [5, 5.41) is 18.8. The van der Waals surface area contributed by atoms with Crippen LogP contribution >= 0.6 is 0 Å². The molecule has 0 amide bonds. The molecule has 0 aliphatic rings. The van der Waals surface area contributed by atoms with Crippen molar-refractivity contribution in [3.8, 4) is 5.75 Å². The van der Waals surface area contributed by atoms with Gasteiger partial charge in [-0.15, -0.1) is 0 Å². The molecule has 0 bridgehead atoms. The Hall–Kier alpha value is -1.55. The van der Waals surface area contributed by atoms with Gasteiger partial charge in [-0.25, -0.2) is 0 Å².